The summed E-state index contributed by atoms with van der Waals surface area (Å²) in [6, 6.07) is 7.13. The van der Waals surface area contributed by atoms with Crippen LogP contribution in [0, 0.1) is 5.82 Å². The first-order valence-electron chi connectivity index (χ1n) is 8.01. The molecule has 1 aromatic heterocycles. The minimum atomic E-state index is -0.768. The molecule has 3 amide bonds. The number of nitrogens with one attached hydrogen (secondary N) is 3. The van der Waals surface area contributed by atoms with Gasteiger partial charge in [0.2, 0.25) is 0 Å². The first-order chi connectivity index (χ1) is 12.0. The first-order valence-corrected chi connectivity index (χ1v) is 8.83. The number of piperidine rings is 1. The number of carbonyl (C=O) groups excluding carboxylic acids is 2. The molecule has 0 aliphatic carbocycles. The van der Waals surface area contributed by atoms with Crippen molar-refractivity contribution in [1.29, 1.82) is 0 Å². The topological polar surface area (TPSA) is 96.2 Å². The molecular formula is C17H20ClFN4O2S. The van der Waals surface area contributed by atoms with Gasteiger partial charge < -0.3 is 16.4 Å². The molecule has 3 rings (SSSR count). The van der Waals surface area contributed by atoms with E-state index in [-0.39, 0.29) is 29.9 Å². The Morgan fingerprint density at radius 1 is 1.31 bits per heavy atom. The lowest BCUT2D eigenvalue weighted by Gasteiger charge is -2.23. The van der Waals surface area contributed by atoms with Gasteiger partial charge in [0.15, 0.2) is 0 Å². The van der Waals surface area contributed by atoms with E-state index in [1.807, 2.05) is 0 Å². The van der Waals surface area contributed by atoms with Crippen LogP contribution in [0.1, 0.15) is 23.2 Å². The van der Waals surface area contributed by atoms with Crippen LogP contribution >= 0.6 is 23.7 Å². The lowest BCUT2D eigenvalue weighted by Crippen LogP contribution is -2.45. The molecule has 26 heavy (non-hydrogen) atoms. The summed E-state index contributed by atoms with van der Waals surface area (Å²) in [5, 5.41) is 8.94. The van der Waals surface area contributed by atoms with E-state index in [0.717, 1.165) is 30.7 Å². The van der Waals surface area contributed by atoms with Crippen LogP contribution in [0.4, 0.5) is 14.2 Å². The predicted molar refractivity (Wildman–Crippen MR) is 104 cm³/mol. The average molecular weight is 399 g/mol. The van der Waals surface area contributed by atoms with Crippen LogP contribution in [-0.4, -0.2) is 31.1 Å². The zero-order valence-corrected chi connectivity index (χ0v) is 15.5. The molecule has 2 aromatic rings. The molecule has 1 aliphatic heterocycles. The molecule has 0 radical (unpaired) electrons. The fourth-order valence-electron chi connectivity index (χ4n) is 2.80. The fraction of sp³-hybridized carbons (Fsp3) is 0.294. The van der Waals surface area contributed by atoms with Crippen LogP contribution < -0.4 is 21.7 Å². The van der Waals surface area contributed by atoms with Crippen molar-refractivity contribution in [3.63, 3.8) is 0 Å². The van der Waals surface area contributed by atoms with Crippen LogP contribution in [0.3, 0.4) is 0 Å². The van der Waals surface area contributed by atoms with Gasteiger partial charge in [0, 0.05) is 23.0 Å². The van der Waals surface area contributed by atoms with Gasteiger partial charge in [-0.3, -0.25) is 10.1 Å². The highest BCUT2D eigenvalue weighted by molar-refractivity contribution is 7.20. The van der Waals surface area contributed by atoms with Gasteiger partial charge in [-0.2, -0.15) is 0 Å². The summed E-state index contributed by atoms with van der Waals surface area (Å²) in [6.07, 6.45) is 1.88. The third-order valence-electron chi connectivity index (χ3n) is 3.98. The summed E-state index contributed by atoms with van der Waals surface area (Å²) in [5.74, 6) is -0.700. The molecule has 0 unspecified atom stereocenters. The summed E-state index contributed by atoms with van der Waals surface area (Å²) < 4.78 is 14.0. The van der Waals surface area contributed by atoms with Crippen molar-refractivity contribution in [2.45, 2.75) is 18.9 Å². The molecule has 1 aromatic carbocycles. The molecule has 0 saturated carbocycles. The number of amides is 3. The number of halogens is 2. The Morgan fingerprint density at radius 2 is 2.08 bits per heavy atom. The Bertz CT molecular complexity index is 793. The van der Waals surface area contributed by atoms with E-state index in [1.165, 1.54) is 6.07 Å². The quantitative estimate of drug-likeness (QED) is 0.637. The maximum absolute atomic E-state index is 14.0. The largest absolute Gasteiger partial charge is 0.351 e. The van der Waals surface area contributed by atoms with Crippen LogP contribution in [-0.2, 0) is 0 Å². The smallest absolute Gasteiger partial charge is 0.317 e. The summed E-state index contributed by atoms with van der Waals surface area (Å²) in [6.45, 7) is 1.64. The van der Waals surface area contributed by atoms with Gasteiger partial charge >= 0.3 is 6.03 Å². The number of carbonyl (C=O) groups is 2. The van der Waals surface area contributed by atoms with Gasteiger partial charge in [-0.15, -0.1) is 23.7 Å². The number of urea groups is 1. The van der Waals surface area contributed by atoms with Gasteiger partial charge in [-0.05, 0) is 31.5 Å². The van der Waals surface area contributed by atoms with Crippen molar-refractivity contribution in [3.8, 4) is 10.4 Å². The molecule has 1 atom stereocenters. The number of hydrogen-bond acceptors (Lipinski definition) is 4. The zero-order valence-electron chi connectivity index (χ0n) is 13.9. The number of nitrogens with two attached hydrogens (primary N) is 1. The Labute approximate surface area is 160 Å². The van der Waals surface area contributed by atoms with E-state index in [1.54, 1.807) is 24.3 Å². The molecular weight excluding hydrogens is 379 g/mol. The average Bonchev–Trinajstić information content (AvgIpc) is 2.99. The molecule has 1 fully saturated rings. The van der Waals surface area contributed by atoms with Crippen LogP contribution in [0.5, 0.6) is 0 Å². The van der Waals surface area contributed by atoms with Gasteiger partial charge in [0.25, 0.3) is 5.91 Å². The molecule has 2 heterocycles. The molecule has 5 N–H and O–H groups in total. The molecule has 1 saturated heterocycles. The van der Waals surface area contributed by atoms with Crippen molar-refractivity contribution >= 4 is 40.7 Å². The monoisotopic (exact) mass is 398 g/mol. The highest BCUT2D eigenvalue weighted by Gasteiger charge is 2.22. The van der Waals surface area contributed by atoms with Crippen molar-refractivity contribution in [2.75, 3.05) is 18.4 Å². The van der Waals surface area contributed by atoms with Gasteiger partial charge in [-0.1, -0.05) is 18.2 Å². The Morgan fingerprint density at radius 3 is 2.73 bits per heavy atom. The van der Waals surface area contributed by atoms with Crippen molar-refractivity contribution in [3.05, 3.63) is 41.7 Å². The molecule has 6 nitrogen and oxygen atoms in total. The first kappa shape index (κ1) is 20.2. The maximum atomic E-state index is 14.0. The Balaban J connectivity index is 0.00000243. The van der Waals surface area contributed by atoms with E-state index in [0.29, 0.717) is 22.0 Å². The molecule has 0 bridgehead atoms. The number of anilines is 1. The van der Waals surface area contributed by atoms with Crippen LogP contribution in [0.2, 0.25) is 0 Å². The molecule has 9 heteroatoms. The van der Waals surface area contributed by atoms with E-state index in [2.05, 4.69) is 16.0 Å². The number of benzene rings is 1. The van der Waals surface area contributed by atoms with Crippen LogP contribution in [0.15, 0.2) is 30.3 Å². The number of hydrogen-bond donors (Lipinski definition) is 4. The van der Waals surface area contributed by atoms with E-state index in [9.17, 15) is 14.0 Å². The lowest BCUT2D eigenvalue weighted by atomic mass is 10.1. The minimum Gasteiger partial charge on any atom is -0.351 e. The third kappa shape index (κ3) is 4.72. The summed E-state index contributed by atoms with van der Waals surface area (Å²) in [5.41, 5.74) is 5.85. The third-order valence-corrected chi connectivity index (χ3v) is 5.07. The summed E-state index contributed by atoms with van der Waals surface area (Å²) >= 11 is 1.12. The highest BCUT2D eigenvalue weighted by atomic mass is 35.5. The number of rotatable bonds is 4. The van der Waals surface area contributed by atoms with Crippen molar-refractivity contribution in [1.82, 2.24) is 10.6 Å². The second-order valence-electron chi connectivity index (χ2n) is 5.84. The van der Waals surface area contributed by atoms with Crippen LogP contribution in [0.25, 0.3) is 10.4 Å². The van der Waals surface area contributed by atoms with Gasteiger partial charge in [0.05, 0.1) is 5.56 Å². The second-order valence-corrected chi connectivity index (χ2v) is 6.89. The molecule has 140 valence electrons. The Kier molecular flexibility index (Phi) is 6.96. The second kappa shape index (κ2) is 8.98. The van der Waals surface area contributed by atoms with Crippen molar-refractivity contribution < 1.29 is 14.0 Å². The van der Waals surface area contributed by atoms with Gasteiger partial charge in [-0.25, -0.2) is 9.18 Å². The summed E-state index contributed by atoms with van der Waals surface area (Å²) in [4.78, 5) is 24.4. The Hall–Kier alpha value is -2.16. The fourth-order valence-corrected chi connectivity index (χ4v) is 3.88. The van der Waals surface area contributed by atoms with Gasteiger partial charge in [0.1, 0.15) is 10.8 Å². The maximum Gasteiger partial charge on any atom is 0.317 e. The molecule has 1 aliphatic rings. The highest BCUT2D eigenvalue weighted by Crippen LogP contribution is 2.36. The van der Waals surface area contributed by atoms with E-state index >= 15 is 0 Å². The zero-order chi connectivity index (χ0) is 17.8. The number of thiophene rings is 1. The summed E-state index contributed by atoms with van der Waals surface area (Å²) in [7, 11) is 0. The normalized spacial score (nSPS) is 16.4. The van der Waals surface area contributed by atoms with Crippen molar-refractivity contribution in [2.24, 2.45) is 5.73 Å². The van der Waals surface area contributed by atoms with E-state index < -0.39 is 11.8 Å². The SMILES string of the molecule is Cl.NC(=O)Nc1sc(-c2ccccc2F)cc1C(=O)N[C@H]1CCCNC1. The standard InChI is InChI=1S/C17H19FN4O2S.ClH/c18-13-6-2-1-5-11(13)14-8-12(16(25-14)22-17(19)24)15(23)21-10-4-3-7-20-9-10;/h1-2,5-6,8,10,20H,3-4,7,9H2,(H,21,23)(H3,19,22,24);1H/t10-;/m0./s1. The molecule has 0 spiro atoms. The minimum absolute atomic E-state index is 0. The van der Waals surface area contributed by atoms with E-state index in [4.69, 9.17) is 5.73 Å². The predicted octanol–water partition coefficient (Wildman–Crippen LogP) is 2.95. The number of primary amides is 1. The lowest BCUT2D eigenvalue weighted by molar-refractivity contribution is 0.0932.